The number of nitrogens with zero attached hydrogens (tertiary/aromatic N) is 1. The molecule has 0 heterocycles. The molecule has 1 aromatic rings. The number of hydrogen-bond acceptors (Lipinski definition) is 3. The average molecular weight is 289 g/mol. The van der Waals surface area contributed by atoms with Crippen molar-refractivity contribution in [2.75, 3.05) is 14.1 Å². The maximum atomic E-state index is 5.93. The zero-order valence-corrected chi connectivity index (χ0v) is 14.0. The fraction of sp³-hybridized carbons (Fsp3) is 0.667. The highest BCUT2D eigenvalue weighted by Crippen LogP contribution is 2.37. The van der Waals surface area contributed by atoms with Gasteiger partial charge in [-0.2, -0.15) is 0 Å². The minimum Gasteiger partial charge on any atom is -0.302 e. The number of hydrazine groups is 1. The SMILES string of the molecule is CCC(C)(C(CC1CCCc2ccccc21)NN)N(C)C. The molecule has 0 saturated heterocycles. The molecule has 3 unspecified atom stereocenters. The lowest BCUT2D eigenvalue weighted by Crippen LogP contribution is -2.59. The number of rotatable bonds is 6. The van der Waals surface area contributed by atoms with E-state index in [-0.39, 0.29) is 5.54 Å². The van der Waals surface area contributed by atoms with Crippen molar-refractivity contribution in [2.24, 2.45) is 5.84 Å². The summed E-state index contributed by atoms with van der Waals surface area (Å²) in [5, 5.41) is 0. The van der Waals surface area contributed by atoms with Gasteiger partial charge in [0.2, 0.25) is 0 Å². The van der Waals surface area contributed by atoms with E-state index in [1.807, 2.05) is 0 Å². The third kappa shape index (κ3) is 3.31. The van der Waals surface area contributed by atoms with Gasteiger partial charge < -0.3 is 4.90 Å². The maximum Gasteiger partial charge on any atom is 0.0397 e. The molecule has 0 saturated carbocycles. The quantitative estimate of drug-likeness (QED) is 0.625. The first-order valence-electron chi connectivity index (χ1n) is 8.24. The lowest BCUT2D eigenvalue weighted by atomic mass is 9.75. The molecule has 1 aromatic carbocycles. The highest BCUT2D eigenvalue weighted by Gasteiger charge is 2.36. The summed E-state index contributed by atoms with van der Waals surface area (Å²) in [6.07, 6.45) is 6.00. The van der Waals surface area contributed by atoms with Crippen molar-refractivity contribution < 1.29 is 0 Å². The monoisotopic (exact) mass is 289 g/mol. The van der Waals surface area contributed by atoms with E-state index in [4.69, 9.17) is 5.84 Å². The Morgan fingerprint density at radius 3 is 2.71 bits per heavy atom. The molecular weight excluding hydrogens is 258 g/mol. The molecule has 3 nitrogen and oxygen atoms in total. The van der Waals surface area contributed by atoms with Crippen LogP contribution in [-0.2, 0) is 6.42 Å². The zero-order chi connectivity index (χ0) is 15.5. The molecule has 1 aliphatic carbocycles. The van der Waals surface area contributed by atoms with E-state index in [2.05, 4.69) is 62.5 Å². The van der Waals surface area contributed by atoms with E-state index in [1.54, 1.807) is 5.56 Å². The predicted octanol–water partition coefficient (Wildman–Crippen LogP) is 3.06. The Labute approximate surface area is 129 Å². The lowest BCUT2D eigenvalue weighted by Gasteiger charge is -2.44. The van der Waals surface area contributed by atoms with Crippen LogP contribution in [0, 0.1) is 0 Å². The molecule has 3 heteroatoms. The molecule has 0 aromatic heterocycles. The number of aryl methyl sites for hydroxylation is 1. The topological polar surface area (TPSA) is 41.3 Å². The first-order chi connectivity index (χ1) is 10.0. The van der Waals surface area contributed by atoms with Gasteiger partial charge in [-0.25, -0.2) is 0 Å². The minimum absolute atomic E-state index is 0.0845. The van der Waals surface area contributed by atoms with Gasteiger partial charge in [0.15, 0.2) is 0 Å². The Hall–Kier alpha value is -0.900. The van der Waals surface area contributed by atoms with Gasteiger partial charge in [-0.05, 0) is 70.2 Å². The van der Waals surface area contributed by atoms with Gasteiger partial charge in [-0.15, -0.1) is 0 Å². The number of fused-ring (bicyclic) bond motifs is 1. The van der Waals surface area contributed by atoms with Crippen molar-refractivity contribution in [3.63, 3.8) is 0 Å². The van der Waals surface area contributed by atoms with Crippen molar-refractivity contribution in [2.45, 2.75) is 63.5 Å². The second kappa shape index (κ2) is 6.91. The Kier molecular flexibility index (Phi) is 5.42. The van der Waals surface area contributed by atoms with Crippen molar-refractivity contribution in [3.05, 3.63) is 35.4 Å². The normalized spacial score (nSPS) is 22.7. The fourth-order valence-electron chi connectivity index (χ4n) is 3.76. The summed E-state index contributed by atoms with van der Waals surface area (Å²) >= 11 is 0. The Morgan fingerprint density at radius 2 is 2.10 bits per heavy atom. The molecular formula is C18H31N3. The molecule has 3 N–H and O–H groups in total. The average Bonchev–Trinajstić information content (AvgIpc) is 2.51. The van der Waals surface area contributed by atoms with Crippen LogP contribution in [0.5, 0.6) is 0 Å². The van der Waals surface area contributed by atoms with Gasteiger partial charge in [-0.3, -0.25) is 11.3 Å². The fourth-order valence-corrected chi connectivity index (χ4v) is 3.76. The Morgan fingerprint density at radius 1 is 1.38 bits per heavy atom. The molecule has 3 atom stereocenters. The standard InChI is InChI=1S/C18H31N3/c1-5-18(2,21(3)4)17(20-19)13-15-11-8-10-14-9-6-7-12-16(14)15/h6-7,9,12,15,17,20H,5,8,10-11,13,19H2,1-4H3. The van der Waals surface area contributed by atoms with E-state index in [0.717, 1.165) is 12.8 Å². The van der Waals surface area contributed by atoms with Crippen LogP contribution in [0.4, 0.5) is 0 Å². The van der Waals surface area contributed by atoms with E-state index >= 15 is 0 Å². The second-order valence-electron chi connectivity index (χ2n) is 6.85. The molecule has 21 heavy (non-hydrogen) atoms. The van der Waals surface area contributed by atoms with Crippen molar-refractivity contribution >= 4 is 0 Å². The molecule has 2 rings (SSSR count). The minimum atomic E-state index is 0.0845. The summed E-state index contributed by atoms with van der Waals surface area (Å²) in [4.78, 5) is 2.31. The largest absolute Gasteiger partial charge is 0.302 e. The third-order valence-electron chi connectivity index (χ3n) is 5.70. The summed E-state index contributed by atoms with van der Waals surface area (Å²) in [6, 6.07) is 9.24. The highest BCUT2D eigenvalue weighted by molar-refractivity contribution is 5.32. The molecule has 0 fully saturated rings. The van der Waals surface area contributed by atoms with Crippen LogP contribution < -0.4 is 11.3 Å². The van der Waals surface area contributed by atoms with Gasteiger partial charge in [0, 0.05) is 11.6 Å². The van der Waals surface area contributed by atoms with E-state index in [1.165, 1.54) is 24.8 Å². The summed E-state index contributed by atoms with van der Waals surface area (Å²) in [6.45, 7) is 4.56. The van der Waals surface area contributed by atoms with Gasteiger partial charge >= 0.3 is 0 Å². The molecule has 0 bridgehead atoms. The van der Waals surface area contributed by atoms with Gasteiger partial charge in [-0.1, -0.05) is 31.2 Å². The Bertz CT molecular complexity index is 458. The van der Waals surface area contributed by atoms with E-state index in [9.17, 15) is 0 Å². The first-order valence-corrected chi connectivity index (χ1v) is 8.24. The highest BCUT2D eigenvalue weighted by atomic mass is 15.3. The smallest absolute Gasteiger partial charge is 0.0397 e. The van der Waals surface area contributed by atoms with Crippen molar-refractivity contribution in [3.8, 4) is 0 Å². The number of nitrogens with one attached hydrogen (secondary N) is 1. The van der Waals surface area contributed by atoms with E-state index in [0.29, 0.717) is 12.0 Å². The molecule has 118 valence electrons. The number of hydrogen-bond donors (Lipinski definition) is 2. The summed E-state index contributed by atoms with van der Waals surface area (Å²) in [5.74, 6) is 6.56. The number of likely N-dealkylation sites (N-methyl/N-ethyl adjacent to an activating group) is 1. The van der Waals surface area contributed by atoms with Crippen LogP contribution in [0.1, 0.15) is 56.6 Å². The lowest BCUT2D eigenvalue weighted by molar-refractivity contribution is 0.103. The first kappa shape index (κ1) is 16.5. The predicted molar refractivity (Wildman–Crippen MR) is 90.2 cm³/mol. The summed E-state index contributed by atoms with van der Waals surface area (Å²) in [5.41, 5.74) is 6.27. The van der Waals surface area contributed by atoms with Gasteiger partial charge in [0.05, 0.1) is 0 Å². The van der Waals surface area contributed by atoms with Crippen molar-refractivity contribution in [1.82, 2.24) is 10.3 Å². The zero-order valence-electron chi connectivity index (χ0n) is 14.0. The Balaban J connectivity index is 2.20. The van der Waals surface area contributed by atoms with Crippen LogP contribution in [0.3, 0.4) is 0 Å². The van der Waals surface area contributed by atoms with Crippen LogP contribution in [0.2, 0.25) is 0 Å². The number of benzene rings is 1. The molecule has 0 radical (unpaired) electrons. The summed E-state index contributed by atoms with van der Waals surface area (Å²) < 4.78 is 0. The molecule has 0 aliphatic heterocycles. The maximum absolute atomic E-state index is 5.93. The molecule has 0 amide bonds. The van der Waals surface area contributed by atoms with Crippen molar-refractivity contribution in [1.29, 1.82) is 0 Å². The number of nitrogens with two attached hydrogens (primary N) is 1. The third-order valence-corrected chi connectivity index (χ3v) is 5.70. The van der Waals surface area contributed by atoms with Crippen LogP contribution in [0.15, 0.2) is 24.3 Å². The molecule has 1 aliphatic rings. The van der Waals surface area contributed by atoms with Gasteiger partial charge in [0.25, 0.3) is 0 Å². The van der Waals surface area contributed by atoms with Gasteiger partial charge in [0.1, 0.15) is 0 Å². The van der Waals surface area contributed by atoms with Crippen LogP contribution in [-0.4, -0.2) is 30.6 Å². The van der Waals surface area contributed by atoms with E-state index < -0.39 is 0 Å². The van der Waals surface area contributed by atoms with Crippen LogP contribution >= 0.6 is 0 Å². The second-order valence-corrected chi connectivity index (χ2v) is 6.85. The molecule has 0 spiro atoms. The van der Waals surface area contributed by atoms with Crippen LogP contribution in [0.25, 0.3) is 0 Å². The summed E-state index contributed by atoms with van der Waals surface area (Å²) in [7, 11) is 4.31.